The van der Waals surface area contributed by atoms with Gasteiger partial charge in [0.15, 0.2) is 0 Å². The summed E-state index contributed by atoms with van der Waals surface area (Å²) in [6.07, 6.45) is 0.989. The van der Waals surface area contributed by atoms with Gasteiger partial charge in [-0.2, -0.15) is 0 Å². The van der Waals surface area contributed by atoms with Crippen LogP contribution in [0.5, 0.6) is 0 Å². The summed E-state index contributed by atoms with van der Waals surface area (Å²) in [6.45, 7) is 5.18. The number of rotatable bonds is 5. The van der Waals surface area contributed by atoms with Crippen molar-refractivity contribution < 1.29 is 0 Å². The minimum absolute atomic E-state index is 0.450. The van der Waals surface area contributed by atoms with Crippen LogP contribution in [0.25, 0.3) is 0 Å². The van der Waals surface area contributed by atoms with Crippen LogP contribution in [0.15, 0.2) is 28.7 Å². The monoisotopic (exact) mass is 338 g/mol. The topological polar surface area (TPSA) is 24.9 Å². The maximum Gasteiger partial charge on any atom is 0.0937 e. The lowest BCUT2D eigenvalue weighted by Gasteiger charge is -2.17. The first kappa shape index (κ1) is 14.7. The number of hydrogen-bond acceptors (Lipinski definition) is 3. The summed E-state index contributed by atoms with van der Waals surface area (Å²) in [6, 6.07) is 8.46. The van der Waals surface area contributed by atoms with Crippen LogP contribution in [0.1, 0.15) is 27.1 Å². The van der Waals surface area contributed by atoms with Gasteiger partial charge in [-0.3, -0.25) is 0 Å². The molecule has 0 amide bonds. The third kappa shape index (κ3) is 3.65. The van der Waals surface area contributed by atoms with Gasteiger partial charge in [0.1, 0.15) is 0 Å². The molecular weight excluding hydrogens is 320 g/mol. The molecule has 0 radical (unpaired) electrons. The molecule has 1 aromatic heterocycles. The number of aromatic nitrogens is 1. The molecule has 0 aliphatic heterocycles. The molecule has 0 spiro atoms. The highest BCUT2D eigenvalue weighted by molar-refractivity contribution is 9.10. The average molecular weight is 339 g/mol. The van der Waals surface area contributed by atoms with Gasteiger partial charge in [-0.25, -0.2) is 4.98 Å². The fourth-order valence-corrected chi connectivity index (χ4v) is 3.80. The number of aryl methyl sites for hydroxylation is 2. The molecule has 2 aromatic rings. The smallest absolute Gasteiger partial charge is 0.0937 e. The van der Waals surface area contributed by atoms with Crippen LogP contribution < -0.4 is 5.32 Å². The van der Waals surface area contributed by atoms with E-state index in [2.05, 4.69) is 64.3 Å². The molecule has 0 fully saturated rings. The summed E-state index contributed by atoms with van der Waals surface area (Å²) < 4.78 is 1.18. The second-order valence-electron chi connectivity index (χ2n) is 4.73. The van der Waals surface area contributed by atoms with Crippen molar-refractivity contribution in [1.29, 1.82) is 0 Å². The molecule has 4 heteroatoms. The van der Waals surface area contributed by atoms with E-state index in [-0.39, 0.29) is 0 Å². The van der Waals surface area contributed by atoms with Gasteiger partial charge in [-0.15, -0.1) is 11.3 Å². The first-order valence-corrected chi connectivity index (χ1v) is 8.04. The minimum atomic E-state index is 0.450. The van der Waals surface area contributed by atoms with E-state index in [0.29, 0.717) is 5.92 Å². The van der Waals surface area contributed by atoms with E-state index in [4.69, 9.17) is 0 Å². The molecule has 1 aromatic carbocycles. The molecule has 2 rings (SSSR count). The third-order valence-electron chi connectivity index (χ3n) is 3.29. The van der Waals surface area contributed by atoms with Crippen LogP contribution in [0.4, 0.5) is 0 Å². The maximum atomic E-state index is 4.66. The zero-order valence-corrected chi connectivity index (χ0v) is 13.9. The summed E-state index contributed by atoms with van der Waals surface area (Å²) in [4.78, 5) is 5.99. The Morgan fingerprint density at radius 3 is 2.63 bits per heavy atom. The van der Waals surface area contributed by atoms with Gasteiger partial charge < -0.3 is 5.32 Å². The largest absolute Gasteiger partial charge is 0.319 e. The van der Waals surface area contributed by atoms with Crippen molar-refractivity contribution >= 4 is 27.3 Å². The third-order valence-corrected chi connectivity index (χ3v) is 5.11. The van der Waals surface area contributed by atoms with Crippen LogP contribution in [0.2, 0.25) is 0 Å². The Labute approximate surface area is 127 Å². The van der Waals surface area contributed by atoms with Crippen molar-refractivity contribution in [1.82, 2.24) is 10.3 Å². The van der Waals surface area contributed by atoms with Crippen LogP contribution >= 0.6 is 27.3 Å². The quantitative estimate of drug-likeness (QED) is 0.888. The summed E-state index contributed by atoms with van der Waals surface area (Å²) in [5.74, 6) is 0.450. The van der Waals surface area contributed by atoms with Crippen molar-refractivity contribution in [3.05, 3.63) is 49.9 Å². The summed E-state index contributed by atoms with van der Waals surface area (Å²) in [7, 11) is 2.00. The SMILES string of the molecule is CNCC(Cc1nc(C)c(C)s1)c1ccccc1Br. The van der Waals surface area contributed by atoms with E-state index in [9.17, 15) is 0 Å². The second kappa shape index (κ2) is 6.64. The Morgan fingerprint density at radius 2 is 2.05 bits per heavy atom. The first-order chi connectivity index (χ1) is 9.11. The molecule has 1 N–H and O–H groups in total. The number of likely N-dealkylation sites (N-methyl/N-ethyl adjacent to an activating group) is 1. The molecular formula is C15H19BrN2S. The average Bonchev–Trinajstić information content (AvgIpc) is 2.68. The van der Waals surface area contributed by atoms with E-state index in [1.165, 1.54) is 19.9 Å². The van der Waals surface area contributed by atoms with E-state index in [0.717, 1.165) is 18.7 Å². The highest BCUT2D eigenvalue weighted by Gasteiger charge is 2.16. The number of nitrogens with one attached hydrogen (secondary N) is 1. The Hall–Kier alpha value is -0.710. The predicted octanol–water partition coefficient (Wildman–Crippen LogP) is 4.07. The van der Waals surface area contributed by atoms with Gasteiger partial charge in [-0.05, 0) is 32.5 Å². The van der Waals surface area contributed by atoms with Crippen molar-refractivity contribution in [2.45, 2.75) is 26.2 Å². The molecule has 102 valence electrons. The number of benzene rings is 1. The number of halogens is 1. The van der Waals surface area contributed by atoms with Gasteiger partial charge in [0.05, 0.1) is 10.7 Å². The van der Waals surface area contributed by atoms with E-state index in [1.54, 1.807) is 0 Å². The Morgan fingerprint density at radius 1 is 1.32 bits per heavy atom. The van der Waals surface area contributed by atoms with Crippen LogP contribution in [0.3, 0.4) is 0 Å². The van der Waals surface area contributed by atoms with Gasteiger partial charge in [0, 0.05) is 28.2 Å². The maximum absolute atomic E-state index is 4.66. The predicted molar refractivity (Wildman–Crippen MR) is 86.1 cm³/mol. The lowest BCUT2D eigenvalue weighted by Crippen LogP contribution is -2.19. The molecule has 1 heterocycles. The van der Waals surface area contributed by atoms with Crippen LogP contribution in [-0.2, 0) is 6.42 Å². The highest BCUT2D eigenvalue weighted by Crippen LogP contribution is 2.29. The number of hydrogen-bond donors (Lipinski definition) is 1. The molecule has 0 aliphatic carbocycles. The van der Waals surface area contributed by atoms with Crippen LogP contribution in [0, 0.1) is 13.8 Å². The lowest BCUT2D eigenvalue weighted by atomic mass is 9.96. The van der Waals surface area contributed by atoms with E-state index in [1.807, 2.05) is 18.4 Å². The standard InChI is InChI=1S/C15H19BrN2S/c1-10-11(2)19-15(18-10)8-12(9-17-3)13-6-4-5-7-14(13)16/h4-7,12,17H,8-9H2,1-3H3. The Kier molecular flexibility index (Phi) is 5.13. The fourth-order valence-electron chi connectivity index (χ4n) is 2.18. The van der Waals surface area contributed by atoms with Crippen molar-refractivity contribution in [3.63, 3.8) is 0 Å². The number of thiazole rings is 1. The molecule has 0 aliphatic rings. The second-order valence-corrected chi connectivity index (χ2v) is 6.87. The van der Waals surface area contributed by atoms with Crippen LogP contribution in [-0.4, -0.2) is 18.6 Å². The molecule has 1 unspecified atom stereocenters. The Balaban J connectivity index is 2.23. The van der Waals surface area contributed by atoms with Gasteiger partial charge >= 0.3 is 0 Å². The first-order valence-electron chi connectivity index (χ1n) is 6.43. The Bertz CT molecular complexity index is 531. The number of nitrogens with zero attached hydrogens (tertiary/aromatic N) is 1. The van der Waals surface area contributed by atoms with Crippen molar-refractivity contribution in [2.24, 2.45) is 0 Å². The minimum Gasteiger partial charge on any atom is -0.319 e. The summed E-state index contributed by atoms with van der Waals surface area (Å²) >= 11 is 5.47. The molecule has 1 atom stereocenters. The van der Waals surface area contributed by atoms with E-state index < -0.39 is 0 Å². The molecule has 0 bridgehead atoms. The van der Waals surface area contributed by atoms with Gasteiger partial charge in [0.25, 0.3) is 0 Å². The zero-order chi connectivity index (χ0) is 13.8. The molecule has 0 saturated carbocycles. The molecule has 2 nitrogen and oxygen atoms in total. The highest BCUT2D eigenvalue weighted by atomic mass is 79.9. The van der Waals surface area contributed by atoms with E-state index >= 15 is 0 Å². The summed E-state index contributed by atoms with van der Waals surface area (Å²) in [5, 5.41) is 4.52. The van der Waals surface area contributed by atoms with Gasteiger partial charge in [0.2, 0.25) is 0 Å². The summed E-state index contributed by atoms with van der Waals surface area (Å²) in [5.41, 5.74) is 2.51. The fraction of sp³-hybridized carbons (Fsp3) is 0.400. The van der Waals surface area contributed by atoms with Crippen molar-refractivity contribution in [3.8, 4) is 0 Å². The normalized spacial score (nSPS) is 12.6. The molecule has 19 heavy (non-hydrogen) atoms. The lowest BCUT2D eigenvalue weighted by molar-refractivity contribution is 0.621. The van der Waals surface area contributed by atoms with Crippen molar-refractivity contribution in [2.75, 3.05) is 13.6 Å². The molecule has 0 saturated heterocycles. The van der Waals surface area contributed by atoms with Gasteiger partial charge in [-0.1, -0.05) is 34.1 Å². The zero-order valence-electron chi connectivity index (χ0n) is 11.5.